The zero-order chi connectivity index (χ0) is 17.8. The lowest BCUT2D eigenvalue weighted by Crippen LogP contribution is -2.43. The van der Waals surface area contributed by atoms with Gasteiger partial charge in [0.25, 0.3) is 5.91 Å². The van der Waals surface area contributed by atoms with Gasteiger partial charge in [0.2, 0.25) is 11.8 Å². The van der Waals surface area contributed by atoms with Crippen molar-refractivity contribution in [3.05, 3.63) is 24.3 Å². The number of carbonyl (C=O) groups is 3. The lowest BCUT2D eigenvalue weighted by Gasteiger charge is -2.33. The maximum absolute atomic E-state index is 12.5. The lowest BCUT2D eigenvalue weighted by molar-refractivity contribution is -0.132. The molecule has 7 heteroatoms. The van der Waals surface area contributed by atoms with Crippen LogP contribution in [-0.2, 0) is 14.4 Å². The first-order valence-corrected chi connectivity index (χ1v) is 8.63. The van der Waals surface area contributed by atoms with Crippen molar-refractivity contribution in [1.29, 1.82) is 0 Å². The van der Waals surface area contributed by atoms with Gasteiger partial charge in [-0.1, -0.05) is 12.1 Å². The van der Waals surface area contributed by atoms with E-state index in [0.717, 1.165) is 12.8 Å². The fraction of sp³-hybridized carbons (Fsp3) is 0.500. The van der Waals surface area contributed by atoms with E-state index in [-0.39, 0.29) is 36.7 Å². The van der Waals surface area contributed by atoms with Crippen LogP contribution in [0.4, 0.5) is 5.69 Å². The van der Waals surface area contributed by atoms with Crippen molar-refractivity contribution < 1.29 is 19.1 Å². The largest absolute Gasteiger partial charge is 0.482 e. The lowest BCUT2D eigenvalue weighted by atomic mass is 9.93. The molecule has 1 aromatic carbocycles. The smallest absolute Gasteiger partial charge is 0.265 e. The van der Waals surface area contributed by atoms with Crippen LogP contribution in [-0.4, -0.2) is 48.9 Å². The summed E-state index contributed by atoms with van der Waals surface area (Å²) in [5, 5.41) is 0. The van der Waals surface area contributed by atoms with Gasteiger partial charge in [0, 0.05) is 32.5 Å². The molecule has 0 saturated carbocycles. The summed E-state index contributed by atoms with van der Waals surface area (Å²) in [4.78, 5) is 39.0. The maximum Gasteiger partial charge on any atom is 0.265 e. The van der Waals surface area contributed by atoms with Gasteiger partial charge < -0.3 is 20.3 Å². The predicted molar refractivity (Wildman–Crippen MR) is 92.0 cm³/mol. The molecule has 134 valence electrons. The van der Waals surface area contributed by atoms with Gasteiger partial charge in [-0.05, 0) is 30.9 Å². The summed E-state index contributed by atoms with van der Waals surface area (Å²) in [7, 11) is 0. The molecule has 0 unspecified atom stereocenters. The van der Waals surface area contributed by atoms with E-state index >= 15 is 0 Å². The van der Waals surface area contributed by atoms with Gasteiger partial charge in [-0.15, -0.1) is 0 Å². The second-order valence-corrected chi connectivity index (χ2v) is 6.55. The molecule has 25 heavy (non-hydrogen) atoms. The number of benzene rings is 1. The molecule has 0 radical (unpaired) electrons. The van der Waals surface area contributed by atoms with E-state index in [1.807, 2.05) is 29.2 Å². The minimum Gasteiger partial charge on any atom is -0.482 e. The van der Waals surface area contributed by atoms with Gasteiger partial charge in [-0.3, -0.25) is 14.4 Å². The molecule has 1 aromatic rings. The van der Waals surface area contributed by atoms with Crippen LogP contribution in [0.25, 0.3) is 0 Å². The van der Waals surface area contributed by atoms with Crippen LogP contribution in [0.15, 0.2) is 24.3 Å². The average Bonchev–Trinajstić information content (AvgIpc) is 2.61. The van der Waals surface area contributed by atoms with Crippen molar-refractivity contribution in [2.24, 2.45) is 11.7 Å². The molecular formula is C18H23N3O4. The Morgan fingerprint density at radius 2 is 1.92 bits per heavy atom. The van der Waals surface area contributed by atoms with Crippen LogP contribution >= 0.6 is 0 Å². The Bertz CT molecular complexity index is 668. The molecule has 0 aromatic heterocycles. The summed E-state index contributed by atoms with van der Waals surface area (Å²) in [6, 6.07) is 7.35. The molecule has 0 bridgehead atoms. The second kappa shape index (κ2) is 7.55. The molecule has 7 nitrogen and oxygen atoms in total. The number of amides is 3. The van der Waals surface area contributed by atoms with Crippen LogP contribution in [0.2, 0.25) is 0 Å². The highest BCUT2D eigenvalue weighted by molar-refractivity contribution is 5.98. The quantitative estimate of drug-likeness (QED) is 0.859. The van der Waals surface area contributed by atoms with Crippen LogP contribution in [0, 0.1) is 5.92 Å². The predicted octanol–water partition coefficient (Wildman–Crippen LogP) is 0.916. The Balaban J connectivity index is 1.53. The van der Waals surface area contributed by atoms with Crippen molar-refractivity contribution in [1.82, 2.24) is 4.90 Å². The number of carbonyl (C=O) groups excluding carboxylic acids is 3. The van der Waals surface area contributed by atoms with E-state index in [0.29, 0.717) is 37.5 Å². The molecule has 1 fully saturated rings. The molecule has 3 rings (SSSR count). The molecule has 0 atom stereocenters. The van der Waals surface area contributed by atoms with Gasteiger partial charge in [0.05, 0.1) is 5.69 Å². The highest BCUT2D eigenvalue weighted by Gasteiger charge is 2.28. The van der Waals surface area contributed by atoms with Gasteiger partial charge >= 0.3 is 0 Å². The second-order valence-electron chi connectivity index (χ2n) is 6.55. The zero-order valence-corrected chi connectivity index (χ0v) is 14.1. The number of hydrogen-bond donors (Lipinski definition) is 1. The van der Waals surface area contributed by atoms with Crippen molar-refractivity contribution >= 4 is 23.4 Å². The first-order chi connectivity index (χ1) is 12.0. The summed E-state index contributed by atoms with van der Waals surface area (Å²) in [5.41, 5.74) is 5.95. The van der Waals surface area contributed by atoms with Gasteiger partial charge in [-0.2, -0.15) is 0 Å². The Labute approximate surface area is 146 Å². The monoisotopic (exact) mass is 345 g/mol. The maximum atomic E-state index is 12.5. The van der Waals surface area contributed by atoms with E-state index in [1.54, 1.807) is 4.90 Å². The third-order valence-electron chi connectivity index (χ3n) is 4.81. The third-order valence-corrected chi connectivity index (χ3v) is 4.81. The fourth-order valence-electron chi connectivity index (χ4n) is 3.44. The zero-order valence-electron chi connectivity index (χ0n) is 14.1. The number of ether oxygens (including phenoxy) is 1. The number of likely N-dealkylation sites (tertiary alicyclic amines) is 1. The van der Waals surface area contributed by atoms with Crippen LogP contribution < -0.4 is 15.4 Å². The van der Waals surface area contributed by atoms with E-state index < -0.39 is 0 Å². The Morgan fingerprint density at radius 1 is 1.20 bits per heavy atom. The number of para-hydroxylation sites is 2. The number of piperidine rings is 1. The van der Waals surface area contributed by atoms with Gasteiger partial charge in [0.1, 0.15) is 5.75 Å². The van der Waals surface area contributed by atoms with Crippen molar-refractivity contribution in [3.8, 4) is 5.75 Å². The highest BCUT2D eigenvalue weighted by Crippen LogP contribution is 2.31. The molecule has 1 saturated heterocycles. The Hall–Kier alpha value is -2.57. The van der Waals surface area contributed by atoms with Crippen LogP contribution in [0.5, 0.6) is 5.75 Å². The summed E-state index contributed by atoms with van der Waals surface area (Å²) in [6.07, 6.45) is 2.27. The normalized spacial score (nSPS) is 17.8. The summed E-state index contributed by atoms with van der Waals surface area (Å²) in [5.74, 6) is 0.561. The molecule has 0 aliphatic carbocycles. The molecule has 2 N–H and O–H groups in total. The fourth-order valence-corrected chi connectivity index (χ4v) is 3.44. The van der Waals surface area contributed by atoms with Gasteiger partial charge in [-0.25, -0.2) is 0 Å². The summed E-state index contributed by atoms with van der Waals surface area (Å²) < 4.78 is 5.41. The molecule has 2 aliphatic rings. The molecular weight excluding hydrogens is 322 g/mol. The molecule has 0 spiro atoms. The third kappa shape index (κ3) is 4.10. The van der Waals surface area contributed by atoms with Gasteiger partial charge in [0.15, 0.2) is 6.61 Å². The first kappa shape index (κ1) is 17.3. The average molecular weight is 345 g/mol. The van der Waals surface area contributed by atoms with Crippen molar-refractivity contribution in [2.45, 2.75) is 25.7 Å². The van der Waals surface area contributed by atoms with E-state index in [9.17, 15) is 14.4 Å². The summed E-state index contributed by atoms with van der Waals surface area (Å²) in [6.45, 7) is 1.64. The number of fused-ring (bicyclic) bond motifs is 1. The van der Waals surface area contributed by atoms with E-state index in [2.05, 4.69) is 0 Å². The molecule has 2 aliphatic heterocycles. The van der Waals surface area contributed by atoms with Crippen molar-refractivity contribution in [2.75, 3.05) is 31.1 Å². The number of nitrogens with zero attached hydrogens (tertiary/aromatic N) is 2. The molecule has 3 amide bonds. The van der Waals surface area contributed by atoms with Crippen LogP contribution in [0.1, 0.15) is 25.7 Å². The van der Waals surface area contributed by atoms with E-state index in [1.165, 1.54) is 0 Å². The number of nitrogens with two attached hydrogens (primary N) is 1. The minimum absolute atomic E-state index is 0.00369. The number of rotatable bonds is 5. The topological polar surface area (TPSA) is 92.9 Å². The standard InChI is InChI=1S/C18H23N3O4/c19-16(22)11-13-5-8-20(9-6-13)17(23)7-10-21-14-3-1-2-4-15(14)25-12-18(21)24/h1-4,13H,5-12H2,(H2,19,22). The number of anilines is 1. The van der Waals surface area contributed by atoms with E-state index in [4.69, 9.17) is 10.5 Å². The minimum atomic E-state index is -0.283. The van der Waals surface area contributed by atoms with Crippen molar-refractivity contribution in [3.63, 3.8) is 0 Å². The Kier molecular flexibility index (Phi) is 5.21. The van der Waals surface area contributed by atoms with Crippen LogP contribution in [0.3, 0.4) is 0 Å². The highest BCUT2D eigenvalue weighted by atomic mass is 16.5. The first-order valence-electron chi connectivity index (χ1n) is 8.63. The Morgan fingerprint density at radius 3 is 2.64 bits per heavy atom. The number of primary amides is 1. The SMILES string of the molecule is NC(=O)CC1CCN(C(=O)CCN2C(=O)COc3ccccc32)CC1. The molecule has 2 heterocycles. The summed E-state index contributed by atoms with van der Waals surface area (Å²) >= 11 is 0. The number of hydrogen-bond acceptors (Lipinski definition) is 4.